The Kier molecular flexibility index (Phi) is 9.19. The molecule has 1 atom stereocenters. The van der Waals surface area contributed by atoms with Crippen molar-refractivity contribution in [2.45, 2.75) is 32.8 Å². The van der Waals surface area contributed by atoms with E-state index in [-0.39, 0.29) is 35.3 Å². The molecule has 9 nitrogen and oxygen atoms in total. The second kappa shape index (κ2) is 12.4. The molecule has 0 aliphatic carbocycles. The van der Waals surface area contributed by atoms with E-state index in [2.05, 4.69) is 57.9 Å². The van der Waals surface area contributed by atoms with Crippen molar-refractivity contribution >= 4 is 70.6 Å². The van der Waals surface area contributed by atoms with Gasteiger partial charge in [-0.2, -0.15) is 9.78 Å². The zero-order valence-electron chi connectivity index (χ0n) is 21.2. The molecule has 39 heavy (non-hydrogen) atoms. The number of hydrogen-bond donors (Lipinski definition) is 0. The molecule has 0 unspecified atom stereocenters. The van der Waals surface area contributed by atoms with Crippen LogP contribution in [-0.4, -0.2) is 27.9 Å². The van der Waals surface area contributed by atoms with Crippen molar-refractivity contribution in [2.75, 3.05) is 7.11 Å². The molecule has 202 valence electrons. The molecular formula is C27H23Br3N4O5. The third-order valence-electron chi connectivity index (χ3n) is 6.07. The fourth-order valence-electron chi connectivity index (χ4n) is 3.81. The SMILES string of the molecule is CC[C@@H](C)c1nc2ccc(Br)cc2c(=O)n1N=Cc1cc(OC)c(OCc2ccc(Br)cc2Br)c([N+](=O)[O-])c1. The Morgan fingerprint density at radius 2 is 1.85 bits per heavy atom. The van der Waals surface area contributed by atoms with Crippen molar-refractivity contribution in [3.8, 4) is 11.5 Å². The first-order chi connectivity index (χ1) is 18.6. The van der Waals surface area contributed by atoms with Gasteiger partial charge in [-0.1, -0.05) is 67.7 Å². The van der Waals surface area contributed by atoms with Gasteiger partial charge in [-0.25, -0.2) is 4.98 Å². The molecule has 0 amide bonds. The summed E-state index contributed by atoms with van der Waals surface area (Å²) < 4.78 is 15.0. The average molecular weight is 723 g/mol. The maximum absolute atomic E-state index is 13.4. The zero-order valence-corrected chi connectivity index (χ0v) is 25.9. The van der Waals surface area contributed by atoms with Crippen LogP contribution in [0.3, 0.4) is 0 Å². The van der Waals surface area contributed by atoms with Gasteiger partial charge in [0, 0.05) is 36.5 Å². The van der Waals surface area contributed by atoms with Crippen LogP contribution >= 0.6 is 47.8 Å². The number of fused-ring (bicyclic) bond motifs is 1. The summed E-state index contributed by atoms with van der Waals surface area (Å²) in [7, 11) is 1.40. The molecule has 0 N–H and O–H groups in total. The zero-order chi connectivity index (χ0) is 28.3. The Bertz CT molecular complexity index is 1660. The molecule has 1 aromatic heterocycles. The van der Waals surface area contributed by atoms with Gasteiger partial charge in [0.2, 0.25) is 5.75 Å². The lowest BCUT2D eigenvalue weighted by atomic mass is 10.1. The number of ether oxygens (including phenoxy) is 2. The summed E-state index contributed by atoms with van der Waals surface area (Å²) in [6, 6.07) is 13.8. The Labute approximate surface area is 249 Å². The summed E-state index contributed by atoms with van der Waals surface area (Å²) in [6.07, 6.45) is 2.12. The fourth-order valence-corrected chi connectivity index (χ4v) is 5.33. The quantitative estimate of drug-likeness (QED) is 0.100. The normalized spacial score (nSPS) is 12.2. The number of rotatable bonds is 9. The third-order valence-corrected chi connectivity index (χ3v) is 7.79. The van der Waals surface area contributed by atoms with Crippen molar-refractivity contribution < 1.29 is 14.4 Å². The molecule has 0 aliphatic heterocycles. The number of benzene rings is 3. The second-order valence-corrected chi connectivity index (χ2v) is 11.3. The summed E-state index contributed by atoms with van der Waals surface area (Å²) in [5.74, 6) is 0.591. The van der Waals surface area contributed by atoms with Crippen molar-refractivity contribution in [3.63, 3.8) is 0 Å². The molecule has 4 rings (SSSR count). The first kappa shape index (κ1) is 28.9. The highest BCUT2D eigenvalue weighted by Gasteiger charge is 2.23. The molecule has 0 saturated heterocycles. The number of nitro benzene ring substituents is 1. The Morgan fingerprint density at radius 3 is 2.51 bits per heavy atom. The highest BCUT2D eigenvalue weighted by molar-refractivity contribution is 9.11. The molecule has 12 heteroatoms. The smallest absolute Gasteiger partial charge is 0.315 e. The molecule has 0 bridgehead atoms. The second-order valence-electron chi connectivity index (χ2n) is 8.66. The van der Waals surface area contributed by atoms with Crippen LogP contribution in [0.1, 0.15) is 43.1 Å². The van der Waals surface area contributed by atoms with E-state index in [4.69, 9.17) is 9.47 Å². The number of nitro groups is 1. The van der Waals surface area contributed by atoms with Crippen molar-refractivity contribution in [3.05, 3.63) is 99.4 Å². The monoisotopic (exact) mass is 720 g/mol. The predicted molar refractivity (Wildman–Crippen MR) is 161 cm³/mol. The van der Waals surface area contributed by atoms with Crippen molar-refractivity contribution in [1.29, 1.82) is 0 Å². The lowest BCUT2D eigenvalue weighted by Crippen LogP contribution is -2.23. The minimum absolute atomic E-state index is 0.0100. The topological polar surface area (TPSA) is 109 Å². The summed E-state index contributed by atoms with van der Waals surface area (Å²) in [4.78, 5) is 29.5. The molecule has 0 saturated carbocycles. The highest BCUT2D eigenvalue weighted by atomic mass is 79.9. The molecule has 0 fully saturated rings. The van der Waals surface area contributed by atoms with E-state index in [1.54, 1.807) is 18.2 Å². The van der Waals surface area contributed by atoms with E-state index in [0.29, 0.717) is 22.3 Å². The number of nitrogens with zero attached hydrogens (tertiary/aromatic N) is 4. The largest absolute Gasteiger partial charge is 0.493 e. The van der Waals surface area contributed by atoms with E-state index < -0.39 is 4.92 Å². The maximum atomic E-state index is 13.4. The minimum atomic E-state index is -0.544. The van der Waals surface area contributed by atoms with Gasteiger partial charge in [-0.3, -0.25) is 14.9 Å². The summed E-state index contributed by atoms with van der Waals surface area (Å²) in [6.45, 7) is 4.03. The Balaban J connectivity index is 1.76. The van der Waals surface area contributed by atoms with Crippen LogP contribution < -0.4 is 15.0 Å². The fraction of sp³-hybridized carbons (Fsp3) is 0.222. The van der Waals surface area contributed by atoms with Gasteiger partial charge in [-0.05, 0) is 42.8 Å². The third kappa shape index (κ3) is 6.39. The van der Waals surface area contributed by atoms with Gasteiger partial charge in [-0.15, -0.1) is 0 Å². The van der Waals surface area contributed by atoms with Gasteiger partial charge >= 0.3 is 5.69 Å². The van der Waals surface area contributed by atoms with Crippen LogP contribution in [0, 0.1) is 10.1 Å². The number of hydrogen-bond acceptors (Lipinski definition) is 7. The highest BCUT2D eigenvalue weighted by Crippen LogP contribution is 2.39. The van der Waals surface area contributed by atoms with Crippen molar-refractivity contribution in [2.24, 2.45) is 5.10 Å². The lowest BCUT2D eigenvalue weighted by Gasteiger charge is -2.14. The van der Waals surface area contributed by atoms with Gasteiger partial charge in [0.05, 0.1) is 29.2 Å². The van der Waals surface area contributed by atoms with Crippen LogP contribution in [0.15, 0.2) is 71.8 Å². The molecule has 3 aromatic carbocycles. The van der Waals surface area contributed by atoms with E-state index in [1.807, 2.05) is 38.1 Å². The molecular weight excluding hydrogens is 700 g/mol. The van der Waals surface area contributed by atoms with E-state index in [9.17, 15) is 14.9 Å². The van der Waals surface area contributed by atoms with Crippen LogP contribution in [0.5, 0.6) is 11.5 Å². The molecule has 0 radical (unpaired) electrons. The van der Waals surface area contributed by atoms with Crippen LogP contribution in [0.2, 0.25) is 0 Å². The summed E-state index contributed by atoms with van der Waals surface area (Å²) >= 11 is 10.3. The first-order valence-electron chi connectivity index (χ1n) is 11.8. The van der Waals surface area contributed by atoms with E-state index in [0.717, 1.165) is 25.4 Å². The van der Waals surface area contributed by atoms with Gasteiger partial charge < -0.3 is 9.47 Å². The number of methoxy groups -OCH3 is 1. The van der Waals surface area contributed by atoms with Crippen molar-refractivity contribution in [1.82, 2.24) is 9.66 Å². The predicted octanol–water partition coefficient (Wildman–Crippen LogP) is 7.58. The van der Waals surface area contributed by atoms with Gasteiger partial charge in [0.25, 0.3) is 5.56 Å². The Hall–Kier alpha value is -3.09. The van der Waals surface area contributed by atoms with Crippen LogP contribution in [-0.2, 0) is 6.61 Å². The lowest BCUT2D eigenvalue weighted by molar-refractivity contribution is -0.386. The summed E-state index contributed by atoms with van der Waals surface area (Å²) in [5, 5.41) is 16.8. The molecule has 1 heterocycles. The van der Waals surface area contributed by atoms with Gasteiger partial charge in [0.15, 0.2) is 5.75 Å². The van der Waals surface area contributed by atoms with Crippen LogP contribution in [0.25, 0.3) is 10.9 Å². The van der Waals surface area contributed by atoms with Crippen LogP contribution in [0.4, 0.5) is 5.69 Å². The average Bonchev–Trinajstić information content (AvgIpc) is 2.91. The standard InChI is InChI=1S/C27H23Br3N4O5/c1-4-15(2)26-32-22-8-7-18(28)11-20(22)27(35)33(26)31-13-16-9-23(34(36)37)25(24(10-16)38-3)39-14-17-5-6-19(29)12-21(17)30/h5-13,15H,4,14H2,1-3H3/t15-/m1/s1. The Morgan fingerprint density at radius 1 is 1.13 bits per heavy atom. The number of halogens is 3. The number of aromatic nitrogens is 2. The molecule has 4 aromatic rings. The minimum Gasteiger partial charge on any atom is -0.493 e. The van der Waals surface area contributed by atoms with E-state index in [1.165, 1.54) is 24.1 Å². The van der Waals surface area contributed by atoms with Gasteiger partial charge in [0.1, 0.15) is 12.4 Å². The molecule has 0 aliphatic rings. The molecule has 0 spiro atoms. The first-order valence-corrected chi connectivity index (χ1v) is 14.2. The summed E-state index contributed by atoms with van der Waals surface area (Å²) in [5.41, 5.74) is 1.09. The van der Waals surface area contributed by atoms with E-state index >= 15 is 0 Å². The maximum Gasteiger partial charge on any atom is 0.315 e.